The second-order valence-corrected chi connectivity index (χ2v) is 5.71. The molecule has 0 bridgehead atoms. The van der Waals surface area contributed by atoms with Crippen molar-refractivity contribution in [3.63, 3.8) is 0 Å². The highest BCUT2D eigenvalue weighted by Gasteiger charge is 2.19. The average molecular weight is 331 g/mol. The molecule has 6 heteroatoms. The molecule has 23 heavy (non-hydrogen) atoms. The topological polar surface area (TPSA) is 76.5 Å². The van der Waals surface area contributed by atoms with E-state index < -0.39 is 22.3 Å². The van der Waals surface area contributed by atoms with Crippen molar-refractivity contribution >= 4 is 23.1 Å². The number of hydrogen-bond acceptors (Lipinski definition) is 4. The van der Waals surface area contributed by atoms with Crippen LogP contribution in [0.2, 0.25) is 0 Å². The van der Waals surface area contributed by atoms with Crippen molar-refractivity contribution in [2.24, 2.45) is 0 Å². The summed E-state index contributed by atoms with van der Waals surface area (Å²) in [7, 11) is 0. The van der Waals surface area contributed by atoms with Crippen LogP contribution >= 0.6 is 0 Å². The van der Waals surface area contributed by atoms with E-state index in [1.807, 2.05) is 0 Å². The number of hydrogen-bond donors (Lipinski definition) is 1. The second kappa shape index (κ2) is 8.36. The monoisotopic (exact) mass is 331 g/mol. The van der Waals surface area contributed by atoms with Crippen LogP contribution in [-0.4, -0.2) is 26.3 Å². The van der Waals surface area contributed by atoms with Crippen molar-refractivity contribution in [3.05, 3.63) is 71.6 Å². The van der Waals surface area contributed by atoms with E-state index in [0.717, 1.165) is 11.1 Å². The molecule has 0 spiro atoms. The second-order valence-electron chi connectivity index (χ2n) is 4.69. The van der Waals surface area contributed by atoms with Crippen LogP contribution in [0.15, 0.2) is 54.9 Å². The fraction of sp³-hybridized carbons (Fsp3) is 0.176. The van der Waals surface area contributed by atoms with Crippen LogP contribution in [0.4, 0.5) is 0 Å². The Balaban J connectivity index is 2.20. The van der Waals surface area contributed by atoms with Gasteiger partial charge >= 0.3 is 5.97 Å². The van der Waals surface area contributed by atoms with Crippen LogP contribution < -0.4 is 0 Å². The third-order valence-electron chi connectivity index (χ3n) is 3.15. The number of pyridine rings is 1. The summed E-state index contributed by atoms with van der Waals surface area (Å²) in [6.45, 7) is 2.08. The highest BCUT2D eigenvalue weighted by molar-refractivity contribution is 7.79. The highest BCUT2D eigenvalue weighted by Crippen LogP contribution is 2.27. The zero-order chi connectivity index (χ0) is 16.7. The molecule has 1 N–H and O–H groups in total. The molecule has 0 saturated heterocycles. The standard InChI is InChI=1S/C17H17NO4S/c1-2-22-16(19)8-5-13-3-6-14(7-4-13)17(23(20)21)15-9-11-18-12-10-15/h3-12,17H,2H2,1H3,(H,20,21). The van der Waals surface area contributed by atoms with Gasteiger partial charge in [-0.15, -0.1) is 0 Å². The number of carbonyl (C=O) groups is 1. The molecule has 120 valence electrons. The van der Waals surface area contributed by atoms with Crippen LogP contribution in [0.5, 0.6) is 0 Å². The summed E-state index contributed by atoms with van der Waals surface area (Å²) in [6, 6.07) is 10.5. The molecule has 0 amide bonds. The lowest BCUT2D eigenvalue weighted by Crippen LogP contribution is -2.07. The van der Waals surface area contributed by atoms with Crippen LogP contribution in [0.25, 0.3) is 6.08 Å². The minimum atomic E-state index is -2.05. The molecule has 2 atom stereocenters. The first-order chi connectivity index (χ1) is 11.1. The van der Waals surface area contributed by atoms with Gasteiger partial charge in [-0.25, -0.2) is 9.00 Å². The van der Waals surface area contributed by atoms with E-state index in [-0.39, 0.29) is 0 Å². The fourth-order valence-corrected chi connectivity index (χ4v) is 2.88. The lowest BCUT2D eigenvalue weighted by molar-refractivity contribution is -0.137. The largest absolute Gasteiger partial charge is 0.463 e. The molecular weight excluding hydrogens is 314 g/mol. The Bertz CT molecular complexity index is 698. The third-order valence-corrected chi connectivity index (χ3v) is 4.10. The molecule has 0 aliphatic heterocycles. The number of rotatable bonds is 6. The maximum atomic E-state index is 11.7. The summed E-state index contributed by atoms with van der Waals surface area (Å²) in [5.41, 5.74) is 2.24. The number of benzene rings is 1. The highest BCUT2D eigenvalue weighted by atomic mass is 32.2. The molecule has 1 aromatic carbocycles. The lowest BCUT2D eigenvalue weighted by atomic mass is 10.0. The van der Waals surface area contributed by atoms with Crippen molar-refractivity contribution in [3.8, 4) is 0 Å². The number of ether oxygens (including phenoxy) is 1. The minimum Gasteiger partial charge on any atom is -0.463 e. The van der Waals surface area contributed by atoms with Crippen molar-refractivity contribution < 1.29 is 18.3 Å². The zero-order valence-electron chi connectivity index (χ0n) is 12.6. The minimum absolute atomic E-state index is 0.331. The number of aromatic nitrogens is 1. The normalized spacial score (nSPS) is 13.7. The molecular formula is C17H17NO4S. The zero-order valence-corrected chi connectivity index (χ0v) is 13.4. The van der Waals surface area contributed by atoms with Gasteiger partial charge in [0.2, 0.25) is 0 Å². The van der Waals surface area contributed by atoms with Crippen molar-refractivity contribution in [1.82, 2.24) is 4.98 Å². The third kappa shape index (κ3) is 4.84. The summed E-state index contributed by atoms with van der Waals surface area (Å²) in [5, 5.41) is -0.638. The molecule has 0 aliphatic carbocycles. The van der Waals surface area contributed by atoms with Gasteiger partial charge in [0.25, 0.3) is 0 Å². The van der Waals surface area contributed by atoms with E-state index in [1.165, 1.54) is 6.08 Å². The molecule has 1 heterocycles. The fourth-order valence-electron chi connectivity index (χ4n) is 2.10. The Kier molecular flexibility index (Phi) is 6.19. The Labute approximate surface area is 137 Å². The van der Waals surface area contributed by atoms with E-state index >= 15 is 0 Å². The number of carbonyl (C=O) groups excluding carboxylic acids is 1. The predicted octanol–water partition coefficient (Wildman–Crippen LogP) is 2.97. The molecule has 0 aliphatic rings. The lowest BCUT2D eigenvalue weighted by Gasteiger charge is -2.13. The molecule has 2 unspecified atom stereocenters. The Hall–Kier alpha value is -2.31. The van der Waals surface area contributed by atoms with Crippen molar-refractivity contribution in [2.45, 2.75) is 12.2 Å². The van der Waals surface area contributed by atoms with Crippen molar-refractivity contribution in [2.75, 3.05) is 6.61 Å². The van der Waals surface area contributed by atoms with Gasteiger partial charge in [-0.2, -0.15) is 0 Å². The van der Waals surface area contributed by atoms with E-state index in [4.69, 9.17) is 4.74 Å². The molecule has 0 radical (unpaired) electrons. The van der Waals surface area contributed by atoms with Crippen LogP contribution in [0.3, 0.4) is 0 Å². The quantitative estimate of drug-likeness (QED) is 0.500. The summed E-state index contributed by atoms with van der Waals surface area (Å²) in [4.78, 5) is 15.2. The van der Waals surface area contributed by atoms with E-state index in [9.17, 15) is 13.6 Å². The molecule has 2 rings (SSSR count). The SMILES string of the molecule is CCOC(=O)C=Cc1ccc(C(c2ccncc2)S(=O)O)cc1. The van der Waals surface area contributed by atoms with Gasteiger partial charge in [0.05, 0.1) is 6.61 Å². The van der Waals surface area contributed by atoms with Gasteiger partial charge in [0.1, 0.15) is 5.25 Å². The Morgan fingerprint density at radius 3 is 2.39 bits per heavy atom. The van der Waals surface area contributed by atoms with Crippen LogP contribution in [0.1, 0.15) is 28.9 Å². The smallest absolute Gasteiger partial charge is 0.330 e. The first-order valence-electron chi connectivity index (χ1n) is 7.06. The molecule has 1 aromatic heterocycles. The van der Waals surface area contributed by atoms with E-state index in [2.05, 4.69) is 4.98 Å². The first-order valence-corrected chi connectivity index (χ1v) is 8.23. The van der Waals surface area contributed by atoms with Gasteiger partial charge in [0.15, 0.2) is 11.1 Å². The summed E-state index contributed by atoms with van der Waals surface area (Å²) in [6.07, 6.45) is 6.17. The Morgan fingerprint density at radius 1 is 1.22 bits per heavy atom. The maximum absolute atomic E-state index is 11.7. The first kappa shape index (κ1) is 17.1. The predicted molar refractivity (Wildman–Crippen MR) is 89.0 cm³/mol. The molecule has 0 fully saturated rings. The molecule has 0 saturated carbocycles. The van der Waals surface area contributed by atoms with Crippen LogP contribution in [-0.2, 0) is 20.6 Å². The number of nitrogens with zero attached hydrogens (tertiary/aromatic N) is 1. The average Bonchev–Trinajstić information content (AvgIpc) is 2.55. The van der Waals surface area contributed by atoms with Gasteiger partial charge in [0, 0.05) is 18.5 Å². The summed E-state index contributed by atoms with van der Waals surface area (Å²) < 4.78 is 26.1. The molecule has 2 aromatic rings. The van der Waals surface area contributed by atoms with Crippen LogP contribution in [0, 0.1) is 0 Å². The maximum Gasteiger partial charge on any atom is 0.330 e. The van der Waals surface area contributed by atoms with Gasteiger partial charge in [-0.05, 0) is 41.8 Å². The van der Waals surface area contributed by atoms with Gasteiger partial charge in [-0.3, -0.25) is 4.98 Å². The number of esters is 1. The van der Waals surface area contributed by atoms with E-state index in [1.54, 1.807) is 61.8 Å². The molecule has 5 nitrogen and oxygen atoms in total. The van der Waals surface area contributed by atoms with Gasteiger partial charge < -0.3 is 9.29 Å². The van der Waals surface area contributed by atoms with Crippen molar-refractivity contribution in [1.29, 1.82) is 0 Å². The van der Waals surface area contributed by atoms with Gasteiger partial charge in [-0.1, -0.05) is 24.3 Å². The Morgan fingerprint density at radius 2 is 1.83 bits per heavy atom. The summed E-state index contributed by atoms with van der Waals surface area (Å²) >= 11 is -2.05. The van der Waals surface area contributed by atoms with E-state index in [0.29, 0.717) is 12.2 Å². The summed E-state index contributed by atoms with van der Waals surface area (Å²) in [5.74, 6) is -0.400.